The van der Waals surface area contributed by atoms with Crippen molar-refractivity contribution < 1.29 is 9.53 Å². The number of ether oxygens (including phenoxy) is 1. The average Bonchev–Trinajstić information content (AvgIpc) is 3.29. The molecule has 0 bridgehead atoms. The summed E-state index contributed by atoms with van der Waals surface area (Å²) in [6, 6.07) is 12.9. The van der Waals surface area contributed by atoms with E-state index in [0.29, 0.717) is 20.8 Å². The minimum Gasteiger partial charge on any atom is -0.483 e. The second-order valence-electron chi connectivity index (χ2n) is 5.71. The van der Waals surface area contributed by atoms with Gasteiger partial charge in [0.15, 0.2) is 5.01 Å². The van der Waals surface area contributed by atoms with E-state index in [0.717, 1.165) is 5.75 Å². The van der Waals surface area contributed by atoms with E-state index >= 15 is 0 Å². The Morgan fingerprint density at radius 1 is 1.19 bits per heavy atom. The average molecular weight is 400 g/mol. The molecule has 0 aliphatic rings. The third kappa shape index (κ3) is 3.91. The van der Waals surface area contributed by atoms with Crippen LogP contribution < -0.4 is 10.1 Å². The van der Waals surface area contributed by atoms with Crippen molar-refractivity contribution >= 4 is 39.6 Å². The lowest BCUT2D eigenvalue weighted by Crippen LogP contribution is -2.12. The number of rotatable bonds is 5. The van der Waals surface area contributed by atoms with Crippen molar-refractivity contribution in [3.05, 3.63) is 70.6 Å². The van der Waals surface area contributed by atoms with E-state index in [1.807, 2.05) is 37.3 Å². The maximum Gasteiger partial charge on any atom is 0.277 e. The number of imidazole rings is 1. The Labute approximate surface area is 163 Å². The van der Waals surface area contributed by atoms with Crippen LogP contribution in [0.1, 0.15) is 28.5 Å². The number of fused-ring (bicyclic) bond motifs is 1. The van der Waals surface area contributed by atoms with E-state index in [1.54, 1.807) is 28.9 Å². The molecule has 27 heavy (non-hydrogen) atoms. The zero-order chi connectivity index (χ0) is 18.8. The summed E-state index contributed by atoms with van der Waals surface area (Å²) >= 11 is 7.21. The van der Waals surface area contributed by atoms with Gasteiger partial charge in [-0.2, -0.15) is 0 Å². The molecule has 0 aliphatic carbocycles. The highest BCUT2D eigenvalue weighted by Crippen LogP contribution is 2.26. The zero-order valence-electron chi connectivity index (χ0n) is 14.2. The fraction of sp³-hybridized carbons (Fsp3) is 0.111. The number of halogens is 1. The first-order valence-corrected chi connectivity index (χ1v) is 9.28. The number of anilines is 1. The number of nitrogens with one attached hydrogen (secondary N) is 1. The van der Waals surface area contributed by atoms with Gasteiger partial charge in [-0.15, -0.1) is 10.2 Å². The summed E-state index contributed by atoms with van der Waals surface area (Å²) in [5.74, 6) is 0.378. The molecule has 1 atom stereocenters. The molecule has 0 fully saturated rings. The molecule has 136 valence electrons. The maximum atomic E-state index is 12.4. The molecule has 1 N–H and O–H groups in total. The van der Waals surface area contributed by atoms with Crippen molar-refractivity contribution in [3.63, 3.8) is 0 Å². The molecule has 0 spiro atoms. The van der Waals surface area contributed by atoms with Crippen molar-refractivity contribution in [1.82, 2.24) is 19.6 Å². The second kappa shape index (κ2) is 7.34. The molecule has 1 aromatic carbocycles. The molecule has 4 rings (SSSR count). The summed E-state index contributed by atoms with van der Waals surface area (Å²) in [6.45, 7) is 1.88. The molecule has 1 amide bonds. The lowest BCUT2D eigenvalue weighted by Gasteiger charge is -2.10. The van der Waals surface area contributed by atoms with Crippen LogP contribution in [0.3, 0.4) is 0 Å². The summed E-state index contributed by atoms with van der Waals surface area (Å²) in [5.41, 5.74) is 0.898. The number of carbonyl (C=O) groups excluding carboxylic acids is 1. The first-order valence-electron chi connectivity index (χ1n) is 8.09. The summed E-state index contributed by atoms with van der Waals surface area (Å²) < 4.78 is 7.51. The third-order valence-electron chi connectivity index (χ3n) is 3.71. The molecule has 0 aliphatic heterocycles. The fourth-order valence-electron chi connectivity index (χ4n) is 2.44. The Kier molecular flexibility index (Phi) is 4.74. The molecule has 3 aromatic heterocycles. The van der Waals surface area contributed by atoms with Crippen LogP contribution in [0.25, 0.3) is 5.65 Å². The first-order chi connectivity index (χ1) is 13.1. The summed E-state index contributed by atoms with van der Waals surface area (Å²) in [4.78, 5) is 16.7. The number of para-hydroxylation sites is 1. The SMILES string of the molecule is C[C@H](Oc1ccccc1)c1nnc(NC(=O)c2cn3cc(Cl)ccc3n2)s1. The number of hydrogen-bond donors (Lipinski definition) is 1. The molecule has 0 saturated carbocycles. The van der Waals surface area contributed by atoms with E-state index in [4.69, 9.17) is 16.3 Å². The predicted molar refractivity (Wildman–Crippen MR) is 104 cm³/mol. The topological polar surface area (TPSA) is 81.4 Å². The van der Waals surface area contributed by atoms with Crippen LogP contribution in [0.15, 0.2) is 54.9 Å². The van der Waals surface area contributed by atoms with Gasteiger partial charge in [0.1, 0.15) is 23.2 Å². The van der Waals surface area contributed by atoms with Crippen molar-refractivity contribution in [3.8, 4) is 5.75 Å². The fourth-order valence-corrected chi connectivity index (χ4v) is 3.33. The van der Waals surface area contributed by atoms with Crippen LogP contribution in [-0.4, -0.2) is 25.5 Å². The van der Waals surface area contributed by atoms with E-state index in [-0.39, 0.29) is 17.7 Å². The minimum absolute atomic E-state index is 0.266. The molecule has 3 heterocycles. The van der Waals surface area contributed by atoms with Crippen molar-refractivity contribution in [1.29, 1.82) is 0 Å². The number of hydrogen-bond acceptors (Lipinski definition) is 6. The quantitative estimate of drug-likeness (QED) is 0.543. The Balaban J connectivity index is 1.45. The Hall–Kier alpha value is -2.97. The van der Waals surface area contributed by atoms with Gasteiger partial charge in [-0.05, 0) is 31.2 Å². The number of pyridine rings is 1. The molecule has 9 heteroatoms. The van der Waals surface area contributed by atoms with Crippen molar-refractivity contribution in [2.45, 2.75) is 13.0 Å². The highest BCUT2D eigenvalue weighted by atomic mass is 35.5. The molecular formula is C18H14ClN5O2S. The molecular weight excluding hydrogens is 386 g/mol. The number of benzene rings is 1. The zero-order valence-corrected chi connectivity index (χ0v) is 15.7. The monoisotopic (exact) mass is 399 g/mol. The number of amides is 1. The van der Waals surface area contributed by atoms with E-state index in [1.165, 1.54) is 11.3 Å². The third-order valence-corrected chi connectivity index (χ3v) is 4.94. The van der Waals surface area contributed by atoms with E-state index in [9.17, 15) is 4.79 Å². The smallest absolute Gasteiger partial charge is 0.277 e. The lowest BCUT2D eigenvalue weighted by molar-refractivity contribution is 0.102. The number of nitrogens with zero attached hydrogens (tertiary/aromatic N) is 4. The van der Waals surface area contributed by atoms with Crippen molar-refractivity contribution in [2.24, 2.45) is 0 Å². The Morgan fingerprint density at radius 2 is 2.00 bits per heavy atom. The second-order valence-corrected chi connectivity index (χ2v) is 7.16. The molecule has 0 unspecified atom stereocenters. The summed E-state index contributed by atoms with van der Waals surface area (Å²) in [6.07, 6.45) is 3.01. The van der Waals surface area contributed by atoms with Crippen molar-refractivity contribution in [2.75, 3.05) is 5.32 Å². The predicted octanol–water partition coefficient (Wildman–Crippen LogP) is 4.23. The number of carbonyl (C=O) groups is 1. The maximum absolute atomic E-state index is 12.4. The van der Waals surface area contributed by atoms with Gasteiger partial charge in [-0.1, -0.05) is 41.1 Å². The van der Waals surface area contributed by atoms with Gasteiger partial charge >= 0.3 is 0 Å². The lowest BCUT2D eigenvalue weighted by atomic mass is 10.3. The van der Waals surface area contributed by atoms with Crippen LogP contribution in [-0.2, 0) is 0 Å². The van der Waals surface area contributed by atoms with Gasteiger partial charge in [0.05, 0.1) is 5.02 Å². The standard InChI is InChI=1S/C18H14ClN5O2S/c1-11(26-13-5-3-2-4-6-13)17-22-23-18(27-17)21-16(25)14-10-24-9-12(19)7-8-15(24)20-14/h2-11H,1H3,(H,21,23,25)/t11-/m0/s1. The van der Waals surface area contributed by atoms with Crippen LogP contribution >= 0.6 is 22.9 Å². The molecule has 0 radical (unpaired) electrons. The molecule has 7 nitrogen and oxygen atoms in total. The van der Waals surface area contributed by atoms with Gasteiger partial charge < -0.3 is 9.14 Å². The Morgan fingerprint density at radius 3 is 2.81 bits per heavy atom. The Bertz CT molecular complexity index is 1100. The van der Waals surface area contributed by atoms with E-state index < -0.39 is 0 Å². The first kappa shape index (κ1) is 17.4. The molecule has 0 saturated heterocycles. The largest absolute Gasteiger partial charge is 0.483 e. The highest BCUT2D eigenvalue weighted by Gasteiger charge is 2.17. The van der Waals surface area contributed by atoms with Crippen LogP contribution in [0.5, 0.6) is 5.75 Å². The minimum atomic E-state index is -0.367. The van der Waals surface area contributed by atoms with Crippen LogP contribution in [0.2, 0.25) is 5.02 Å². The molecule has 4 aromatic rings. The van der Waals surface area contributed by atoms with Gasteiger partial charge in [-0.25, -0.2) is 4.98 Å². The highest BCUT2D eigenvalue weighted by molar-refractivity contribution is 7.15. The van der Waals surface area contributed by atoms with Gasteiger partial charge in [0, 0.05) is 12.4 Å². The van der Waals surface area contributed by atoms with Crippen LogP contribution in [0.4, 0.5) is 5.13 Å². The van der Waals surface area contributed by atoms with Gasteiger partial charge in [0.25, 0.3) is 5.91 Å². The van der Waals surface area contributed by atoms with Crippen LogP contribution in [0, 0.1) is 0 Å². The van der Waals surface area contributed by atoms with Gasteiger partial charge in [-0.3, -0.25) is 10.1 Å². The normalized spacial score (nSPS) is 12.1. The van der Waals surface area contributed by atoms with Gasteiger partial charge in [0.2, 0.25) is 5.13 Å². The number of aromatic nitrogens is 4. The summed E-state index contributed by atoms with van der Waals surface area (Å²) in [7, 11) is 0. The van der Waals surface area contributed by atoms with E-state index in [2.05, 4.69) is 20.5 Å². The summed E-state index contributed by atoms with van der Waals surface area (Å²) in [5, 5.41) is 12.4.